The molecule has 0 radical (unpaired) electrons. The number of pyridine rings is 2. The van der Waals surface area contributed by atoms with E-state index in [1.54, 1.807) is 0 Å². The van der Waals surface area contributed by atoms with Gasteiger partial charge in [-0.1, -0.05) is 0 Å². The highest BCUT2D eigenvalue weighted by molar-refractivity contribution is 9.11. The molecule has 0 aliphatic rings. The van der Waals surface area contributed by atoms with Crippen LogP contribution in [-0.2, 0) is 0 Å². The van der Waals surface area contributed by atoms with Crippen LogP contribution in [0.3, 0.4) is 0 Å². The summed E-state index contributed by atoms with van der Waals surface area (Å²) in [7, 11) is 0. The molecule has 6 nitrogen and oxygen atoms in total. The summed E-state index contributed by atoms with van der Waals surface area (Å²) in [4.78, 5) is 25.9. The lowest BCUT2D eigenvalue weighted by Gasteiger charge is -1.95. The topological polar surface area (TPSA) is 106 Å². The van der Waals surface area contributed by atoms with Gasteiger partial charge in [0.15, 0.2) is 5.75 Å². The predicted octanol–water partition coefficient (Wildman–Crippen LogP) is 2.45. The van der Waals surface area contributed by atoms with Crippen LogP contribution >= 0.6 is 47.8 Å². The largest absolute Gasteiger partial charge is 0.507 e. The number of aromatic amines is 2. The van der Waals surface area contributed by atoms with Crippen LogP contribution in [0.25, 0.3) is 0 Å². The van der Waals surface area contributed by atoms with Gasteiger partial charge >= 0.3 is 0 Å². The van der Waals surface area contributed by atoms with E-state index in [0.717, 1.165) is 6.07 Å². The molecule has 4 N–H and O–H groups in total. The van der Waals surface area contributed by atoms with Gasteiger partial charge in [0, 0.05) is 18.5 Å². The van der Waals surface area contributed by atoms with Gasteiger partial charge in [0.05, 0.1) is 8.95 Å². The van der Waals surface area contributed by atoms with Crippen molar-refractivity contribution in [1.29, 1.82) is 0 Å². The van der Waals surface area contributed by atoms with E-state index < -0.39 is 0 Å². The van der Waals surface area contributed by atoms with Crippen molar-refractivity contribution in [3.05, 3.63) is 52.6 Å². The average molecular weight is 459 g/mol. The molecule has 2 heterocycles. The number of rotatable bonds is 0. The van der Waals surface area contributed by atoms with Gasteiger partial charge in [-0.2, -0.15) is 0 Å². The van der Waals surface area contributed by atoms with E-state index in [-0.39, 0.29) is 27.1 Å². The van der Waals surface area contributed by atoms with Gasteiger partial charge in [-0.15, -0.1) is 0 Å². The molecule has 0 atom stereocenters. The highest BCUT2D eigenvalue weighted by Crippen LogP contribution is 2.27. The Bertz CT molecular complexity index is 696. The molecule has 0 bridgehead atoms. The second-order valence-electron chi connectivity index (χ2n) is 3.16. The Morgan fingerprint density at radius 2 is 1.53 bits per heavy atom. The summed E-state index contributed by atoms with van der Waals surface area (Å²) in [6.07, 6.45) is 2.76. The molecule has 0 aliphatic heterocycles. The summed E-state index contributed by atoms with van der Waals surface area (Å²) in [5.41, 5.74) is -0.656. The molecule has 0 saturated heterocycles. The van der Waals surface area contributed by atoms with E-state index in [0.29, 0.717) is 8.95 Å². The Labute approximate surface area is 131 Å². The second kappa shape index (κ2) is 6.92. The highest BCUT2D eigenvalue weighted by atomic mass is 79.9. The van der Waals surface area contributed by atoms with Crippen molar-refractivity contribution in [2.45, 2.75) is 0 Å². The third-order valence-electron chi connectivity index (χ3n) is 1.82. The number of halogens is 3. The van der Waals surface area contributed by atoms with Crippen LogP contribution in [0, 0.1) is 0 Å². The Morgan fingerprint density at radius 1 is 0.947 bits per heavy atom. The first-order valence-corrected chi connectivity index (χ1v) is 7.03. The zero-order valence-electron chi connectivity index (χ0n) is 9.08. The lowest BCUT2D eigenvalue weighted by atomic mass is 10.4. The Morgan fingerprint density at radius 3 is 2.00 bits per heavy atom. The summed E-state index contributed by atoms with van der Waals surface area (Å²) in [6.45, 7) is 0. The third-order valence-corrected chi connectivity index (χ3v) is 3.79. The number of aromatic nitrogens is 2. The number of hydrogen-bond acceptors (Lipinski definition) is 4. The molecule has 2 aromatic rings. The molecule has 0 spiro atoms. The van der Waals surface area contributed by atoms with Crippen LogP contribution in [0.2, 0.25) is 0 Å². The molecule has 9 heteroatoms. The molecule has 102 valence electrons. The van der Waals surface area contributed by atoms with Crippen molar-refractivity contribution in [3.63, 3.8) is 0 Å². The van der Waals surface area contributed by atoms with Crippen molar-refractivity contribution >= 4 is 47.8 Å². The minimum Gasteiger partial charge on any atom is -0.507 e. The SMILES string of the molecule is O=c1[nH]cc(Br)c(O)c1Br.O=c1cc(O)c(Br)c[nH]1. The third kappa shape index (κ3) is 4.51. The van der Waals surface area contributed by atoms with Crippen molar-refractivity contribution in [2.24, 2.45) is 0 Å². The molecule has 0 fully saturated rings. The monoisotopic (exact) mass is 456 g/mol. The quantitative estimate of drug-likeness (QED) is 0.486. The fraction of sp³-hybridized carbons (Fsp3) is 0. The summed E-state index contributed by atoms with van der Waals surface area (Å²) >= 11 is 8.95. The molecule has 0 saturated carbocycles. The van der Waals surface area contributed by atoms with E-state index in [2.05, 4.69) is 57.8 Å². The predicted molar refractivity (Wildman–Crippen MR) is 80.6 cm³/mol. The first kappa shape index (κ1) is 16.0. The normalized spacial score (nSPS) is 9.63. The molecule has 0 unspecified atom stereocenters. The lowest BCUT2D eigenvalue weighted by molar-refractivity contribution is 0.466. The van der Waals surface area contributed by atoms with Gasteiger partial charge in [0.1, 0.15) is 10.2 Å². The summed E-state index contributed by atoms with van der Waals surface area (Å²) < 4.78 is 1.09. The number of aromatic hydroxyl groups is 2. The van der Waals surface area contributed by atoms with Crippen LogP contribution in [0.15, 0.2) is 41.5 Å². The number of H-pyrrole nitrogens is 2. The maximum atomic E-state index is 10.7. The van der Waals surface area contributed by atoms with Crippen LogP contribution < -0.4 is 11.1 Å². The molecule has 19 heavy (non-hydrogen) atoms. The molecule has 0 aliphatic carbocycles. The van der Waals surface area contributed by atoms with Crippen molar-refractivity contribution in [3.8, 4) is 11.5 Å². The molecule has 2 rings (SSSR count). The first-order chi connectivity index (χ1) is 8.82. The minimum atomic E-state index is -0.347. The van der Waals surface area contributed by atoms with Gasteiger partial charge in [0.25, 0.3) is 11.1 Å². The van der Waals surface area contributed by atoms with Gasteiger partial charge in [-0.3, -0.25) is 9.59 Å². The Kier molecular flexibility index (Phi) is 5.83. The lowest BCUT2D eigenvalue weighted by Crippen LogP contribution is -2.04. The van der Waals surface area contributed by atoms with Gasteiger partial charge in [-0.25, -0.2) is 0 Å². The van der Waals surface area contributed by atoms with Crippen molar-refractivity contribution in [2.75, 3.05) is 0 Å². The van der Waals surface area contributed by atoms with E-state index in [1.165, 1.54) is 12.4 Å². The van der Waals surface area contributed by atoms with E-state index in [4.69, 9.17) is 10.2 Å². The summed E-state index contributed by atoms with van der Waals surface area (Å²) in [5.74, 6) is -0.123. The fourth-order valence-corrected chi connectivity index (χ4v) is 2.05. The first-order valence-electron chi connectivity index (χ1n) is 4.65. The number of nitrogens with one attached hydrogen (secondary N) is 2. The molecule has 2 aromatic heterocycles. The van der Waals surface area contributed by atoms with Crippen LogP contribution in [0.1, 0.15) is 0 Å². The van der Waals surface area contributed by atoms with Crippen LogP contribution in [0.4, 0.5) is 0 Å². The molecule has 0 amide bonds. The van der Waals surface area contributed by atoms with Crippen molar-refractivity contribution in [1.82, 2.24) is 9.97 Å². The number of hydrogen-bond donors (Lipinski definition) is 4. The average Bonchev–Trinajstić information content (AvgIpc) is 2.37. The summed E-state index contributed by atoms with van der Waals surface area (Å²) in [6, 6.07) is 1.10. The maximum Gasteiger partial charge on any atom is 0.266 e. The second-order valence-corrected chi connectivity index (χ2v) is 5.66. The molecular formula is C10H7Br3N2O4. The highest BCUT2D eigenvalue weighted by Gasteiger charge is 2.05. The maximum absolute atomic E-state index is 10.7. The Hall–Kier alpha value is -1.06. The minimum absolute atomic E-state index is 0.0428. The van der Waals surface area contributed by atoms with E-state index in [1.807, 2.05) is 0 Å². The van der Waals surface area contributed by atoms with E-state index in [9.17, 15) is 9.59 Å². The van der Waals surface area contributed by atoms with Crippen LogP contribution in [-0.4, -0.2) is 20.2 Å². The molecular weight excluding hydrogens is 452 g/mol. The van der Waals surface area contributed by atoms with Gasteiger partial charge in [0.2, 0.25) is 0 Å². The molecule has 0 aromatic carbocycles. The summed E-state index contributed by atoms with van der Waals surface area (Å²) in [5, 5.41) is 17.9. The fourth-order valence-electron chi connectivity index (χ4n) is 0.916. The zero-order chi connectivity index (χ0) is 14.6. The standard InChI is InChI=1S/C5H3Br2NO2.C5H4BrNO2/c6-2-1-8-5(10)3(7)4(2)9;6-3-2-7-5(9)1-4(3)8/h1H,(H2,8,9,10);1-2H,(H2,7,8,9). The Balaban J connectivity index is 0.000000191. The van der Waals surface area contributed by atoms with Crippen LogP contribution in [0.5, 0.6) is 11.5 Å². The van der Waals surface area contributed by atoms with Gasteiger partial charge < -0.3 is 20.2 Å². The van der Waals surface area contributed by atoms with Crippen molar-refractivity contribution < 1.29 is 10.2 Å². The van der Waals surface area contributed by atoms with Gasteiger partial charge in [-0.05, 0) is 47.8 Å². The smallest absolute Gasteiger partial charge is 0.266 e. The zero-order valence-corrected chi connectivity index (χ0v) is 13.8. The van der Waals surface area contributed by atoms with E-state index >= 15 is 0 Å².